The van der Waals surface area contributed by atoms with Gasteiger partial charge in [0, 0.05) is 18.3 Å². The van der Waals surface area contributed by atoms with Gasteiger partial charge in [-0.1, -0.05) is 12.1 Å². The molecule has 0 radical (unpaired) electrons. The lowest BCUT2D eigenvalue weighted by Gasteiger charge is -2.08. The van der Waals surface area contributed by atoms with E-state index in [1.54, 1.807) is 30.3 Å². The van der Waals surface area contributed by atoms with E-state index in [9.17, 15) is 9.18 Å². The van der Waals surface area contributed by atoms with Gasteiger partial charge in [-0.3, -0.25) is 4.79 Å². The third-order valence-electron chi connectivity index (χ3n) is 3.36. The Bertz CT molecular complexity index is 839. The molecule has 2 aromatic heterocycles. The molecule has 3 aromatic rings. The van der Waals surface area contributed by atoms with Crippen LogP contribution in [0.25, 0.3) is 5.82 Å². The van der Waals surface area contributed by atoms with Crippen LogP contribution < -0.4 is 10.1 Å². The molecule has 128 valence electrons. The van der Waals surface area contributed by atoms with E-state index in [1.165, 1.54) is 29.6 Å². The topological polar surface area (TPSA) is 81.9 Å². The molecule has 0 aliphatic carbocycles. The summed E-state index contributed by atoms with van der Waals surface area (Å²) in [5.41, 5.74) is 0.468. The molecule has 0 unspecified atom stereocenters. The molecule has 1 N–H and O–H groups in total. The van der Waals surface area contributed by atoms with E-state index in [1.807, 2.05) is 0 Å². The normalized spacial score (nSPS) is 10.4. The molecule has 0 bridgehead atoms. The lowest BCUT2D eigenvalue weighted by molar-refractivity contribution is 0.0951. The number of halogens is 1. The molecule has 25 heavy (non-hydrogen) atoms. The van der Waals surface area contributed by atoms with E-state index in [-0.39, 0.29) is 11.7 Å². The van der Waals surface area contributed by atoms with E-state index in [4.69, 9.17) is 4.74 Å². The molecule has 0 fully saturated rings. The summed E-state index contributed by atoms with van der Waals surface area (Å²) < 4.78 is 20.2. The first-order chi connectivity index (χ1) is 12.2. The fourth-order valence-corrected chi connectivity index (χ4v) is 2.13. The highest BCUT2D eigenvalue weighted by Gasteiger charge is 2.08. The van der Waals surface area contributed by atoms with Crippen molar-refractivity contribution in [3.8, 4) is 11.6 Å². The first-order valence-corrected chi connectivity index (χ1v) is 7.70. The molecule has 0 saturated carbocycles. The average molecular weight is 341 g/mol. The third kappa shape index (κ3) is 4.37. The fourth-order valence-electron chi connectivity index (χ4n) is 2.13. The second-order valence-electron chi connectivity index (χ2n) is 5.13. The van der Waals surface area contributed by atoms with Crippen molar-refractivity contribution in [1.82, 2.24) is 25.1 Å². The van der Waals surface area contributed by atoms with Gasteiger partial charge in [-0.25, -0.2) is 19.0 Å². The lowest BCUT2D eigenvalue weighted by Crippen LogP contribution is -2.25. The van der Waals surface area contributed by atoms with Gasteiger partial charge in [-0.2, -0.15) is 5.10 Å². The summed E-state index contributed by atoms with van der Waals surface area (Å²) in [7, 11) is 0. The van der Waals surface area contributed by atoms with Crippen molar-refractivity contribution in [3.05, 3.63) is 66.6 Å². The number of para-hydroxylation sites is 1. The molecule has 1 amide bonds. The highest BCUT2D eigenvalue weighted by molar-refractivity contribution is 5.94. The Labute approximate surface area is 143 Å². The minimum atomic E-state index is -0.399. The summed E-state index contributed by atoms with van der Waals surface area (Å²) in [6.45, 7) is 0.718. The molecular weight excluding hydrogens is 325 g/mol. The minimum Gasteiger partial charge on any atom is -0.490 e. The molecule has 0 saturated heterocycles. The summed E-state index contributed by atoms with van der Waals surface area (Å²) in [6.07, 6.45) is 4.99. The van der Waals surface area contributed by atoms with Gasteiger partial charge in [0.05, 0.1) is 6.61 Å². The number of benzene rings is 1. The Morgan fingerprint density at radius 2 is 2.16 bits per heavy atom. The molecule has 2 heterocycles. The SMILES string of the molecule is O=C(NCCCOc1ccccc1F)c1ccnc(-n2cncn2)c1. The van der Waals surface area contributed by atoms with Crippen LogP contribution in [0.3, 0.4) is 0 Å². The molecular formula is C17H16FN5O2. The number of hydrogen-bond donors (Lipinski definition) is 1. The van der Waals surface area contributed by atoms with Crippen LogP contribution in [0.4, 0.5) is 4.39 Å². The Hall–Kier alpha value is -3.29. The van der Waals surface area contributed by atoms with Crippen molar-refractivity contribution in [2.24, 2.45) is 0 Å². The van der Waals surface area contributed by atoms with Crippen LogP contribution in [0.15, 0.2) is 55.2 Å². The number of hydrogen-bond acceptors (Lipinski definition) is 5. The minimum absolute atomic E-state index is 0.209. The lowest BCUT2D eigenvalue weighted by atomic mass is 10.2. The van der Waals surface area contributed by atoms with Gasteiger partial charge < -0.3 is 10.1 Å². The number of rotatable bonds is 7. The highest BCUT2D eigenvalue weighted by atomic mass is 19.1. The monoisotopic (exact) mass is 341 g/mol. The van der Waals surface area contributed by atoms with E-state index >= 15 is 0 Å². The summed E-state index contributed by atoms with van der Waals surface area (Å²) in [5, 5.41) is 6.76. The Balaban J connectivity index is 1.47. The van der Waals surface area contributed by atoms with Gasteiger partial charge in [0.2, 0.25) is 0 Å². The number of nitrogens with one attached hydrogen (secondary N) is 1. The summed E-state index contributed by atoms with van der Waals surface area (Å²) in [4.78, 5) is 20.2. The quantitative estimate of drug-likeness (QED) is 0.665. The second kappa shape index (κ2) is 8.00. The van der Waals surface area contributed by atoms with Gasteiger partial charge >= 0.3 is 0 Å². The van der Waals surface area contributed by atoms with Crippen molar-refractivity contribution < 1.29 is 13.9 Å². The zero-order valence-corrected chi connectivity index (χ0v) is 13.3. The Morgan fingerprint density at radius 1 is 1.28 bits per heavy atom. The summed E-state index contributed by atoms with van der Waals surface area (Å²) in [5.74, 6) is 0.0899. The van der Waals surface area contributed by atoms with E-state index in [2.05, 4.69) is 20.4 Å². The van der Waals surface area contributed by atoms with Crippen molar-refractivity contribution in [2.45, 2.75) is 6.42 Å². The number of amides is 1. The number of aromatic nitrogens is 4. The maximum Gasteiger partial charge on any atom is 0.251 e. The Kier molecular flexibility index (Phi) is 5.30. The summed E-state index contributed by atoms with van der Waals surface area (Å²) >= 11 is 0. The number of ether oxygens (including phenoxy) is 1. The average Bonchev–Trinajstić information content (AvgIpc) is 3.17. The number of pyridine rings is 1. The van der Waals surface area contributed by atoms with Crippen molar-refractivity contribution in [3.63, 3.8) is 0 Å². The van der Waals surface area contributed by atoms with Crippen LogP contribution in [0.5, 0.6) is 5.75 Å². The van der Waals surface area contributed by atoms with Crippen LogP contribution in [0.1, 0.15) is 16.8 Å². The standard InChI is InChI=1S/C17H16FN5O2/c18-14-4-1-2-5-15(14)25-9-3-7-21-17(24)13-6-8-20-16(10-13)23-12-19-11-22-23/h1-2,4-6,8,10-12H,3,7,9H2,(H,21,24). The highest BCUT2D eigenvalue weighted by Crippen LogP contribution is 2.15. The Morgan fingerprint density at radius 3 is 2.96 bits per heavy atom. The van der Waals surface area contributed by atoms with Gasteiger partial charge in [-0.15, -0.1) is 0 Å². The molecule has 1 aromatic carbocycles. The molecule has 3 rings (SSSR count). The van der Waals surface area contributed by atoms with Crippen molar-refractivity contribution >= 4 is 5.91 Å². The number of carbonyl (C=O) groups excluding carboxylic acids is 1. The predicted octanol–water partition coefficient (Wildman–Crippen LogP) is 2.00. The van der Waals surface area contributed by atoms with Gasteiger partial charge in [0.25, 0.3) is 5.91 Å². The fraction of sp³-hybridized carbons (Fsp3) is 0.176. The van der Waals surface area contributed by atoms with Crippen LogP contribution in [0.2, 0.25) is 0 Å². The van der Waals surface area contributed by atoms with E-state index in [0.29, 0.717) is 31.0 Å². The molecule has 7 nitrogen and oxygen atoms in total. The van der Waals surface area contributed by atoms with Gasteiger partial charge in [-0.05, 0) is 30.7 Å². The first kappa shape index (κ1) is 16.6. The zero-order chi connectivity index (χ0) is 17.5. The smallest absolute Gasteiger partial charge is 0.251 e. The zero-order valence-electron chi connectivity index (χ0n) is 13.3. The molecule has 0 aliphatic rings. The number of nitrogens with zero attached hydrogens (tertiary/aromatic N) is 4. The van der Waals surface area contributed by atoms with Crippen LogP contribution in [0, 0.1) is 5.82 Å². The predicted molar refractivity (Wildman–Crippen MR) is 88.0 cm³/mol. The molecule has 0 aliphatic heterocycles. The number of carbonyl (C=O) groups is 1. The van der Waals surface area contributed by atoms with Crippen LogP contribution in [-0.2, 0) is 0 Å². The van der Waals surface area contributed by atoms with E-state index < -0.39 is 5.82 Å². The van der Waals surface area contributed by atoms with Gasteiger partial charge in [0.15, 0.2) is 17.4 Å². The van der Waals surface area contributed by atoms with E-state index in [0.717, 1.165) is 0 Å². The van der Waals surface area contributed by atoms with Crippen molar-refractivity contribution in [2.75, 3.05) is 13.2 Å². The first-order valence-electron chi connectivity index (χ1n) is 7.70. The second-order valence-corrected chi connectivity index (χ2v) is 5.13. The van der Waals surface area contributed by atoms with Crippen LogP contribution in [-0.4, -0.2) is 38.8 Å². The maximum absolute atomic E-state index is 13.4. The van der Waals surface area contributed by atoms with Crippen LogP contribution >= 0.6 is 0 Å². The molecule has 0 spiro atoms. The molecule has 8 heteroatoms. The third-order valence-corrected chi connectivity index (χ3v) is 3.36. The maximum atomic E-state index is 13.4. The molecule has 0 atom stereocenters. The largest absolute Gasteiger partial charge is 0.490 e. The van der Waals surface area contributed by atoms with Crippen molar-refractivity contribution in [1.29, 1.82) is 0 Å². The van der Waals surface area contributed by atoms with Gasteiger partial charge in [0.1, 0.15) is 12.7 Å². The summed E-state index contributed by atoms with van der Waals surface area (Å²) in [6, 6.07) is 9.45.